The number of piperidine rings is 1. The Bertz CT molecular complexity index is 758. The molecule has 2 saturated heterocycles. The predicted molar refractivity (Wildman–Crippen MR) is 94.4 cm³/mol. The maximum atomic E-state index is 12.9. The average molecular weight is 381 g/mol. The van der Waals surface area contributed by atoms with Gasteiger partial charge in [0.1, 0.15) is 5.75 Å². The largest absolute Gasteiger partial charge is 0.496 e. The fourth-order valence-corrected chi connectivity index (χ4v) is 4.26. The Balaban J connectivity index is 1.79. The summed E-state index contributed by atoms with van der Waals surface area (Å²) in [6, 6.07) is 4.84. The van der Waals surface area contributed by atoms with Crippen LogP contribution < -0.4 is 4.74 Å². The fraction of sp³-hybridized carbons (Fsp3) is 0.500. The smallest absolute Gasteiger partial charge is 0.309 e. The van der Waals surface area contributed by atoms with Crippen molar-refractivity contribution >= 4 is 29.4 Å². The van der Waals surface area contributed by atoms with Gasteiger partial charge >= 0.3 is 5.97 Å². The van der Waals surface area contributed by atoms with Crippen LogP contribution in [0.25, 0.3) is 0 Å². The number of benzene rings is 1. The number of rotatable bonds is 3. The standard InChI is InChI=1S/C18H21ClN2O5/c1-20-15(22)10-13(17(24)25)18(20)5-7-21(8-6-18)16(23)12-4-3-11(19)9-14(12)26-2/h3-4,9,13H,5-8,10H2,1-2H3,(H,24,25). The van der Waals surface area contributed by atoms with Gasteiger partial charge in [0.05, 0.1) is 24.1 Å². The van der Waals surface area contributed by atoms with Crippen molar-refractivity contribution in [1.29, 1.82) is 0 Å². The van der Waals surface area contributed by atoms with Crippen LogP contribution in [0.15, 0.2) is 18.2 Å². The summed E-state index contributed by atoms with van der Waals surface area (Å²) in [5, 5.41) is 10.0. The summed E-state index contributed by atoms with van der Waals surface area (Å²) in [6.07, 6.45) is 0.895. The number of hydrogen-bond acceptors (Lipinski definition) is 4. The number of likely N-dealkylation sites (tertiary alicyclic amines) is 2. The van der Waals surface area contributed by atoms with E-state index in [9.17, 15) is 19.5 Å². The van der Waals surface area contributed by atoms with Crippen LogP contribution in [0, 0.1) is 5.92 Å². The molecule has 140 valence electrons. The van der Waals surface area contributed by atoms with E-state index in [1.165, 1.54) is 7.11 Å². The minimum absolute atomic E-state index is 0.0186. The van der Waals surface area contributed by atoms with E-state index < -0.39 is 17.4 Å². The molecule has 2 heterocycles. The lowest BCUT2D eigenvalue weighted by Crippen LogP contribution is -2.56. The van der Waals surface area contributed by atoms with Gasteiger partial charge in [-0.05, 0) is 31.0 Å². The molecule has 8 heteroatoms. The van der Waals surface area contributed by atoms with Gasteiger partial charge in [0.15, 0.2) is 0 Å². The first-order chi connectivity index (χ1) is 12.3. The summed E-state index contributed by atoms with van der Waals surface area (Å²) >= 11 is 5.95. The van der Waals surface area contributed by atoms with E-state index in [1.54, 1.807) is 35.0 Å². The zero-order valence-electron chi connectivity index (χ0n) is 14.7. The Kier molecular flexibility index (Phi) is 4.84. The normalized spacial score (nSPS) is 22.0. The minimum atomic E-state index is -0.957. The zero-order valence-corrected chi connectivity index (χ0v) is 15.5. The highest BCUT2D eigenvalue weighted by Gasteiger charge is 2.55. The average Bonchev–Trinajstić information content (AvgIpc) is 2.87. The first kappa shape index (κ1) is 18.5. The van der Waals surface area contributed by atoms with Crippen molar-refractivity contribution in [3.63, 3.8) is 0 Å². The quantitative estimate of drug-likeness (QED) is 0.865. The van der Waals surface area contributed by atoms with Gasteiger partial charge < -0.3 is 19.6 Å². The van der Waals surface area contributed by atoms with Gasteiger partial charge in [-0.1, -0.05) is 11.6 Å². The van der Waals surface area contributed by atoms with Crippen LogP contribution in [-0.2, 0) is 9.59 Å². The Hall–Kier alpha value is -2.28. The van der Waals surface area contributed by atoms with E-state index in [4.69, 9.17) is 16.3 Å². The Morgan fingerprint density at radius 1 is 1.31 bits per heavy atom. The first-order valence-electron chi connectivity index (χ1n) is 8.42. The summed E-state index contributed by atoms with van der Waals surface area (Å²) < 4.78 is 5.25. The van der Waals surface area contributed by atoms with E-state index >= 15 is 0 Å². The number of ether oxygens (including phenoxy) is 1. The number of methoxy groups -OCH3 is 1. The van der Waals surface area contributed by atoms with E-state index in [-0.39, 0.29) is 18.2 Å². The van der Waals surface area contributed by atoms with Crippen molar-refractivity contribution in [2.24, 2.45) is 5.92 Å². The van der Waals surface area contributed by atoms with Gasteiger partial charge in [0, 0.05) is 31.6 Å². The fourth-order valence-electron chi connectivity index (χ4n) is 4.09. The molecule has 0 saturated carbocycles. The van der Waals surface area contributed by atoms with Gasteiger partial charge in [-0.2, -0.15) is 0 Å². The number of amides is 2. The monoisotopic (exact) mass is 380 g/mol. The van der Waals surface area contributed by atoms with Crippen LogP contribution in [0.2, 0.25) is 5.02 Å². The van der Waals surface area contributed by atoms with Crippen molar-refractivity contribution in [3.8, 4) is 5.75 Å². The topological polar surface area (TPSA) is 87.1 Å². The van der Waals surface area contributed by atoms with Gasteiger partial charge in [-0.25, -0.2) is 0 Å². The first-order valence-corrected chi connectivity index (χ1v) is 8.80. The molecule has 1 aromatic carbocycles. The number of halogens is 1. The molecule has 0 bridgehead atoms. The lowest BCUT2D eigenvalue weighted by Gasteiger charge is -2.45. The maximum Gasteiger partial charge on any atom is 0.309 e. The molecule has 1 N–H and O–H groups in total. The molecule has 0 aliphatic carbocycles. The minimum Gasteiger partial charge on any atom is -0.496 e. The number of carboxylic acids is 1. The molecule has 2 aliphatic heterocycles. The molecular formula is C18H21ClN2O5. The molecule has 2 fully saturated rings. The lowest BCUT2D eigenvalue weighted by molar-refractivity contribution is -0.145. The number of nitrogens with zero attached hydrogens (tertiary/aromatic N) is 2. The Labute approximate surface area is 156 Å². The van der Waals surface area contributed by atoms with Crippen molar-refractivity contribution in [3.05, 3.63) is 28.8 Å². The molecule has 2 amide bonds. The molecule has 1 spiro atoms. The molecule has 1 aromatic rings. The summed E-state index contributed by atoms with van der Waals surface area (Å²) in [7, 11) is 3.13. The van der Waals surface area contributed by atoms with Gasteiger partial charge in [-0.15, -0.1) is 0 Å². The summed E-state index contributed by atoms with van der Waals surface area (Å²) in [5.74, 6) is -1.63. The van der Waals surface area contributed by atoms with E-state index in [1.807, 2.05) is 0 Å². The van der Waals surface area contributed by atoms with Gasteiger partial charge in [0.25, 0.3) is 5.91 Å². The number of carbonyl (C=O) groups is 3. The maximum absolute atomic E-state index is 12.9. The summed E-state index contributed by atoms with van der Waals surface area (Å²) in [6.45, 7) is 0.762. The van der Waals surface area contributed by atoms with Crippen molar-refractivity contribution < 1.29 is 24.2 Å². The van der Waals surface area contributed by atoms with Crippen LogP contribution in [0.4, 0.5) is 0 Å². The lowest BCUT2D eigenvalue weighted by atomic mass is 9.77. The number of aliphatic carboxylic acids is 1. The van der Waals surface area contributed by atoms with Crippen molar-refractivity contribution in [2.45, 2.75) is 24.8 Å². The van der Waals surface area contributed by atoms with Crippen molar-refractivity contribution in [1.82, 2.24) is 9.80 Å². The summed E-state index contributed by atoms with van der Waals surface area (Å²) in [5.41, 5.74) is -0.303. The Morgan fingerprint density at radius 2 is 1.96 bits per heavy atom. The second-order valence-electron chi connectivity index (χ2n) is 6.79. The third kappa shape index (κ3) is 2.90. The molecule has 2 aliphatic rings. The van der Waals surface area contributed by atoms with Crippen LogP contribution in [-0.4, -0.2) is 65.5 Å². The van der Waals surface area contributed by atoms with Gasteiger partial charge in [0.2, 0.25) is 5.91 Å². The second-order valence-corrected chi connectivity index (χ2v) is 7.22. The Morgan fingerprint density at radius 3 is 2.54 bits per heavy atom. The third-order valence-corrected chi connectivity index (χ3v) is 5.91. The highest BCUT2D eigenvalue weighted by Crippen LogP contribution is 2.43. The van der Waals surface area contributed by atoms with Crippen LogP contribution in [0.1, 0.15) is 29.6 Å². The number of hydrogen-bond donors (Lipinski definition) is 1. The number of carboxylic acid groups (broad SMARTS) is 1. The molecule has 1 atom stereocenters. The summed E-state index contributed by atoms with van der Waals surface area (Å²) in [4.78, 5) is 39.8. The van der Waals surface area contributed by atoms with E-state index in [2.05, 4.69) is 0 Å². The molecule has 0 radical (unpaired) electrons. The van der Waals surface area contributed by atoms with Crippen LogP contribution in [0.3, 0.4) is 0 Å². The SMILES string of the molecule is COc1cc(Cl)ccc1C(=O)N1CCC2(CC1)C(C(=O)O)CC(=O)N2C. The molecule has 26 heavy (non-hydrogen) atoms. The van der Waals surface area contributed by atoms with Crippen LogP contribution in [0.5, 0.6) is 5.75 Å². The van der Waals surface area contributed by atoms with Crippen LogP contribution >= 0.6 is 11.6 Å². The van der Waals surface area contributed by atoms with E-state index in [0.717, 1.165) is 0 Å². The predicted octanol–water partition coefficient (Wildman–Crippen LogP) is 1.89. The molecular weight excluding hydrogens is 360 g/mol. The second kappa shape index (κ2) is 6.79. The molecule has 1 unspecified atom stereocenters. The molecule has 0 aromatic heterocycles. The third-order valence-electron chi connectivity index (χ3n) is 5.68. The zero-order chi connectivity index (χ0) is 19.1. The molecule has 7 nitrogen and oxygen atoms in total. The van der Waals surface area contributed by atoms with E-state index in [0.29, 0.717) is 42.3 Å². The number of carbonyl (C=O) groups excluding carboxylic acids is 2. The highest BCUT2D eigenvalue weighted by molar-refractivity contribution is 6.30. The van der Waals surface area contributed by atoms with Gasteiger partial charge in [-0.3, -0.25) is 14.4 Å². The highest BCUT2D eigenvalue weighted by atomic mass is 35.5. The molecule has 3 rings (SSSR count). The van der Waals surface area contributed by atoms with Crippen molar-refractivity contribution in [2.75, 3.05) is 27.2 Å².